The highest BCUT2D eigenvalue weighted by molar-refractivity contribution is 8.01. The molecule has 0 aliphatic rings. The molecule has 0 radical (unpaired) electrons. The van der Waals surface area contributed by atoms with Crippen molar-refractivity contribution in [2.45, 2.75) is 24.6 Å². The zero-order valence-corrected chi connectivity index (χ0v) is 18.2. The number of anilines is 3. The van der Waals surface area contributed by atoms with Crippen LogP contribution in [0.5, 0.6) is 0 Å². The van der Waals surface area contributed by atoms with E-state index in [0.29, 0.717) is 21.7 Å². The number of aromatic nitrogens is 2. The van der Waals surface area contributed by atoms with Crippen molar-refractivity contribution >= 4 is 45.5 Å². The van der Waals surface area contributed by atoms with Gasteiger partial charge in [0.25, 0.3) is 0 Å². The number of halogens is 1. The molecule has 0 saturated carbocycles. The quantitative estimate of drug-likeness (QED) is 0.491. The molecule has 0 unspecified atom stereocenters. The highest BCUT2D eigenvalue weighted by Gasteiger charge is 2.17. The lowest BCUT2D eigenvalue weighted by atomic mass is 10.1. The Kier molecular flexibility index (Phi) is 7.38. The molecule has 1 amide bonds. The van der Waals surface area contributed by atoms with Crippen LogP contribution in [0.2, 0.25) is 0 Å². The number of carbonyl (C=O) groups is 1. The lowest BCUT2D eigenvalue weighted by molar-refractivity contribution is -0.116. The summed E-state index contributed by atoms with van der Waals surface area (Å²) in [7, 11) is 0. The first kappa shape index (κ1) is 21.7. The van der Waals surface area contributed by atoms with E-state index in [4.69, 9.17) is 5.26 Å². The summed E-state index contributed by atoms with van der Waals surface area (Å²) in [4.78, 5) is 14.5. The monoisotopic (exact) mass is 441 g/mol. The molecule has 1 heterocycles. The molecule has 3 aromatic rings. The second-order valence-corrected chi connectivity index (χ2v) is 8.72. The van der Waals surface area contributed by atoms with Gasteiger partial charge in [0.1, 0.15) is 5.82 Å². The second-order valence-electron chi connectivity index (χ2n) is 6.52. The summed E-state index contributed by atoms with van der Waals surface area (Å²) in [5, 5.41) is 20.6. The molecule has 0 bridgehead atoms. The van der Waals surface area contributed by atoms with Crippen LogP contribution in [0.1, 0.15) is 17.5 Å². The number of aryl methyl sites for hydroxylation is 2. The Morgan fingerprint density at radius 2 is 2.07 bits per heavy atom. The second kappa shape index (κ2) is 10.2. The number of nitriles is 1. The molecular formula is C21H20FN5OS2. The lowest BCUT2D eigenvalue weighted by Gasteiger charge is -2.22. The van der Waals surface area contributed by atoms with E-state index in [1.165, 1.54) is 35.2 Å². The Hall–Kier alpha value is -2.96. The summed E-state index contributed by atoms with van der Waals surface area (Å²) in [6.07, 6.45) is 0.254. The van der Waals surface area contributed by atoms with Crippen molar-refractivity contribution < 1.29 is 9.18 Å². The summed E-state index contributed by atoms with van der Waals surface area (Å²) >= 11 is 2.57. The van der Waals surface area contributed by atoms with Gasteiger partial charge in [0.2, 0.25) is 11.0 Å². The first-order chi connectivity index (χ1) is 14.5. The maximum Gasteiger partial charge on any atom is 0.237 e. The van der Waals surface area contributed by atoms with Crippen molar-refractivity contribution in [2.75, 3.05) is 22.5 Å². The van der Waals surface area contributed by atoms with Crippen molar-refractivity contribution in [3.8, 4) is 6.07 Å². The molecule has 6 nitrogen and oxygen atoms in total. The number of hydrogen-bond donors (Lipinski definition) is 1. The maximum absolute atomic E-state index is 13.3. The molecule has 9 heteroatoms. The fraction of sp³-hybridized carbons (Fsp3) is 0.238. The number of nitrogens with one attached hydrogen (secondary N) is 1. The van der Waals surface area contributed by atoms with Gasteiger partial charge in [-0.2, -0.15) is 5.26 Å². The fourth-order valence-corrected chi connectivity index (χ4v) is 4.31. The van der Waals surface area contributed by atoms with Gasteiger partial charge in [-0.3, -0.25) is 4.79 Å². The Balaban J connectivity index is 1.64. The SMILES string of the molecule is Cc1ccc(N(CCC#N)C(=O)CSc2nnc(Nc3cccc(F)c3)s2)cc1C. The molecule has 3 rings (SSSR count). The van der Waals surface area contributed by atoms with E-state index in [1.54, 1.807) is 17.0 Å². The van der Waals surface area contributed by atoms with Gasteiger partial charge in [0, 0.05) is 17.9 Å². The number of thioether (sulfide) groups is 1. The predicted molar refractivity (Wildman–Crippen MR) is 119 cm³/mol. The van der Waals surface area contributed by atoms with Gasteiger partial charge in [-0.05, 0) is 55.3 Å². The molecule has 1 N–H and O–H groups in total. The summed E-state index contributed by atoms with van der Waals surface area (Å²) in [6, 6.07) is 14.0. The first-order valence-electron chi connectivity index (χ1n) is 9.19. The predicted octanol–water partition coefficient (Wildman–Crippen LogP) is 5.08. The van der Waals surface area contributed by atoms with Crippen LogP contribution in [0, 0.1) is 31.0 Å². The molecule has 2 aromatic carbocycles. The largest absolute Gasteiger partial charge is 0.330 e. The molecule has 30 heavy (non-hydrogen) atoms. The van der Waals surface area contributed by atoms with Crippen molar-refractivity contribution in [3.05, 3.63) is 59.4 Å². The Morgan fingerprint density at radius 1 is 1.23 bits per heavy atom. The maximum atomic E-state index is 13.3. The third-order valence-corrected chi connectivity index (χ3v) is 6.31. The zero-order valence-electron chi connectivity index (χ0n) is 16.6. The van der Waals surface area contributed by atoms with Crippen LogP contribution in [0.15, 0.2) is 46.8 Å². The van der Waals surface area contributed by atoms with E-state index in [2.05, 4.69) is 21.6 Å². The third kappa shape index (κ3) is 5.78. The van der Waals surface area contributed by atoms with Gasteiger partial charge in [-0.15, -0.1) is 10.2 Å². The van der Waals surface area contributed by atoms with Gasteiger partial charge in [0.05, 0.1) is 18.2 Å². The van der Waals surface area contributed by atoms with Crippen molar-refractivity contribution in [2.24, 2.45) is 0 Å². The number of amides is 1. The van der Waals surface area contributed by atoms with E-state index in [-0.39, 0.29) is 23.9 Å². The van der Waals surface area contributed by atoms with E-state index in [9.17, 15) is 9.18 Å². The van der Waals surface area contributed by atoms with Gasteiger partial charge >= 0.3 is 0 Å². The highest BCUT2D eigenvalue weighted by Crippen LogP contribution is 2.29. The van der Waals surface area contributed by atoms with Gasteiger partial charge in [-0.25, -0.2) is 4.39 Å². The van der Waals surface area contributed by atoms with Crippen molar-refractivity contribution in [1.82, 2.24) is 10.2 Å². The van der Waals surface area contributed by atoms with Crippen LogP contribution in [-0.2, 0) is 4.79 Å². The van der Waals surface area contributed by atoms with Crippen molar-refractivity contribution in [3.63, 3.8) is 0 Å². The Bertz CT molecular complexity index is 1080. The molecule has 0 atom stereocenters. The number of carbonyl (C=O) groups excluding carboxylic acids is 1. The molecular weight excluding hydrogens is 421 g/mol. The van der Waals surface area contributed by atoms with E-state index >= 15 is 0 Å². The number of benzene rings is 2. The summed E-state index contributed by atoms with van der Waals surface area (Å²) in [5.41, 5.74) is 3.60. The Morgan fingerprint density at radius 3 is 2.80 bits per heavy atom. The molecule has 1 aromatic heterocycles. The normalized spacial score (nSPS) is 10.5. The summed E-state index contributed by atoms with van der Waals surface area (Å²) in [5.74, 6) is -0.269. The van der Waals surface area contributed by atoms with E-state index in [1.807, 2.05) is 32.0 Å². The highest BCUT2D eigenvalue weighted by atomic mass is 32.2. The molecule has 0 saturated heterocycles. The molecule has 0 fully saturated rings. The molecule has 0 aliphatic heterocycles. The zero-order chi connectivity index (χ0) is 21.5. The average Bonchev–Trinajstić information content (AvgIpc) is 3.16. The van der Waals surface area contributed by atoms with Crippen LogP contribution >= 0.6 is 23.1 Å². The van der Waals surface area contributed by atoms with Gasteiger partial charge in [-0.1, -0.05) is 35.2 Å². The first-order valence-corrected chi connectivity index (χ1v) is 11.0. The summed E-state index contributed by atoms with van der Waals surface area (Å²) in [6.45, 7) is 4.34. The number of hydrogen-bond acceptors (Lipinski definition) is 7. The average molecular weight is 442 g/mol. The van der Waals surface area contributed by atoms with Gasteiger partial charge in [0.15, 0.2) is 4.34 Å². The number of nitrogens with zero attached hydrogens (tertiary/aromatic N) is 4. The van der Waals surface area contributed by atoms with Crippen molar-refractivity contribution in [1.29, 1.82) is 5.26 Å². The minimum absolute atomic E-state index is 0.103. The van der Waals surface area contributed by atoms with Crippen LogP contribution < -0.4 is 10.2 Å². The standard InChI is InChI=1S/C21H20FN5OS2/c1-14-7-8-18(11-15(14)2)27(10-4-9-23)19(28)13-29-21-26-25-20(30-21)24-17-6-3-5-16(22)12-17/h3,5-8,11-12H,4,10,13H2,1-2H3,(H,24,25). The smallest absolute Gasteiger partial charge is 0.237 e. The fourth-order valence-electron chi connectivity index (χ4n) is 2.66. The Labute approximate surface area is 182 Å². The van der Waals surface area contributed by atoms with Crippen LogP contribution in [0.25, 0.3) is 0 Å². The van der Waals surface area contributed by atoms with Crippen LogP contribution in [0.4, 0.5) is 20.9 Å². The molecule has 154 valence electrons. The van der Waals surface area contributed by atoms with E-state index < -0.39 is 0 Å². The van der Waals surface area contributed by atoms with Gasteiger partial charge < -0.3 is 10.2 Å². The topological polar surface area (TPSA) is 81.9 Å². The van der Waals surface area contributed by atoms with Crippen LogP contribution in [-0.4, -0.2) is 28.4 Å². The third-order valence-electron chi connectivity index (χ3n) is 4.35. The van der Waals surface area contributed by atoms with E-state index in [0.717, 1.165) is 16.8 Å². The minimum atomic E-state index is -0.339. The minimum Gasteiger partial charge on any atom is -0.330 e. The molecule has 0 spiro atoms. The molecule has 0 aliphatic carbocycles. The lowest BCUT2D eigenvalue weighted by Crippen LogP contribution is -2.33. The van der Waals surface area contributed by atoms with Crippen LogP contribution in [0.3, 0.4) is 0 Å². The summed E-state index contributed by atoms with van der Waals surface area (Å²) < 4.78 is 13.9. The number of rotatable bonds is 8.